The molecule has 3 rings (SSSR count). The smallest absolute Gasteiger partial charge is 0.234 e. The molecule has 0 bridgehead atoms. The summed E-state index contributed by atoms with van der Waals surface area (Å²) in [7, 11) is 3.09. The SMILES string of the molecule is CCOc1ccc(C2CC(=O)NC(SCC(=O)Nc3cccc(OC)c3)=C2C#N)cc1OC. The third-order valence-electron chi connectivity index (χ3n) is 4.95. The van der Waals surface area contributed by atoms with Crippen molar-refractivity contribution >= 4 is 29.3 Å². The van der Waals surface area contributed by atoms with E-state index in [0.717, 1.165) is 17.3 Å². The molecule has 0 spiro atoms. The van der Waals surface area contributed by atoms with Crippen LogP contribution in [-0.4, -0.2) is 38.4 Å². The second-order valence-corrected chi connectivity index (χ2v) is 8.06. The fourth-order valence-corrected chi connectivity index (χ4v) is 4.31. The molecule has 2 amide bonds. The summed E-state index contributed by atoms with van der Waals surface area (Å²) in [4.78, 5) is 24.9. The number of nitrogens with zero attached hydrogens (tertiary/aromatic N) is 1. The van der Waals surface area contributed by atoms with Gasteiger partial charge in [0.15, 0.2) is 11.5 Å². The normalized spacial score (nSPS) is 15.3. The molecule has 1 aliphatic heterocycles. The van der Waals surface area contributed by atoms with Crippen molar-refractivity contribution in [2.75, 3.05) is 31.9 Å². The lowest BCUT2D eigenvalue weighted by Crippen LogP contribution is -2.31. The van der Waals surface area contributed by atoms with Gasteiger partial charge in [-0.2, -0.15) is 5.26 Å². The van der Waals surface area contributed by atoms with Gasteiger partial charge in [0.2, 0.25) is 11.8 Å². The summed E-state index contributed by atoms with van der Waals surface area (Å²) in [6, 6.07) is 14.6. The van der Waals surface area contributed by atoms with Crippen molar-refractivity contribution in [1.29, 1.82) is 5.26 Å². The highest BCUT2D eigenvalue weighted by molar-refractivity contribution is 8.03. The summed E-state index contributed by atoms with van der Waals surface area (Å²) in [6.07, 6.45) is 0.125. The Kier molecular flexibility index (Phi) is 8.22. The second-order valence-electron chi connectivity index (χ2n) is 7.07. The number of rotatable bonds is 9. The number of benzene rings is 2. The lowest BCUT2D eigenvalue weighted by Gasteiger charge is -2.25. The van der Waals surface area contributed by atoms with Gasteiger partial charge in [-0.25, -0.2) is 0 Å². The maximum atomic E-state index is 12.4. The predicted molar refractivity (Wildman–Crippen MR) is 126 cm³/mol. The van der Waals surface area contributed by atoms with Crippen molar-refractivity contribution in [3.8, 4) is 23.3 Å². The lowest BCUT2D eigenvalue weighted by atomic mass is 9.87. The van der Waals surface area contributed by atoms with Crippen molar-refractivity contribution in [3.63, 3.8) is 0 Å². The van der Waals surface area contributed by atoms with Crippen molar-refractivity contribution < 1.29 is 23.8 Å². The number of nitriles is 1. The Labute approximate surface area is 196 Å². The fourth-order valence-electron chi connectivity index (χ4n) is 3.43. The van der Waals surface area contributed by atoms with E-state index in [1.807, 2.05) is 13.0 Å². The van der Waals surface area contributed by atoms with Crippen molar-refractivity contribution in [2.45, 2.75) is 19.3 Å². The van der Waals surface area contributed by atoms with Crippen LogP contribution in [0.25, 0.3) is 0 Å². The van der Waals surface area contributed by atoms with Crippen molar-refractivity contribution in [1.82, 2.24) is 5.32 Å². The molecule has 2 aromatic rings. The number of nitrogens with one attached hydrogen (secondary N) is 2. The quantitative estimate of drug-likeness (QED) is 0.577. The van der Waals surface area contributed by atoms with E-state index in [0.29, 0.717) is 40.1 Å². The predicted octanol–water partition coefficient (Wildman–Crippen LogP) is 3.81. The summed E-state index contributed by atoms with van der Waals surface area (Å²) >= 11 is 1.12. The molecule has 0 fully saturated rings. The van der Waals surface area contributed by atoms with E-state index >= 15 is 0 Å². The van der Waals surface area contributed by atoms with Crippen LogP contribution in [0.2, 0.25) is 0 Å². The molecule has 9 heteroatoms. The van der Waals surface area contributed by atoms with Gasteiger partial charge in [-0.3, -0.25) is 9.59 Å². The molecule has 0 aliphatic carbocycles. The number of carbonyl (C=O) groups excluding carboxylic acids is 2. The number of methoxy groups -OCH3 is 2. The molecule has 0 aromatic heterocycles. The van der Waals surface area contributed by atoms with Gasteiger partial charge in [0, 0.05) is 24.1 Å². The minimum absolute atomic E-state index is 0.0251. The van der Waals surface area contributed by atoms with Crippen LogP contribution in [-0.2, 0) is 9.59 Å². The molecule has 0 saturated heterocycles. The summed E-state index contributed by atoms with van der Waals surface area (Å²) in [6.45, 7) is 2.37. The first-order valence-corrected chi connectivity index (χ1v) is 11.3. The van der Waals surface area contributed by atoms with Gasteiger partial charge in [0.1, 0.15) is 5.75 Å². The topological polar surface area (TPSA) is 110 Å². The van der Waals surface area contributed by atoms with Gasteiger partial charge in [-0.1, -0.05) is 23.9 Å². The number of thioether (sulfide) groups is 1. The first-order chi connectivity index (χ1) is 16.0. The highest BCUT2D eigenvalue weighted by Gasteiger charge is 2.30. The first kappa shape index (κ1) is 24.0. The summed E-state index contributed by atoms with van der Waals surface area (Å²) < 4.78 is 16.1. The Hall–Kier alpha value is -3.64. The number of hydrogen-bond acceptors (Lipinski definition) is 7. The largest absolute Gasteiger partial charge is 0.497 e. The van der Waals surface area contributed by atoms with E-state index in [2.05, 4.69) is 16.7 Å². The van der Waals surface area contributed by atoms with Crippen molar-refractivity contribution in [2.24, 2.45) is 0 Å². The van der Waals surface area contributed by atoms with Gasteiger partial charge >= 0.3 is 0 Å². The minimum Gasteiger partial charge on any atom is -0.497 e. The number of carbonyl (C=O) groups is 2. The number of allylic oxidation sites excluding steroid dienone is 1. The standard InChI is InChI=1S/C24H25N3O5S/c1-4-32-20-9-8-15(10-21(20)31-3)18-12-22(28)27-24(19(18)13-25)33-14-23(29)26-16-6-5-7-17(11-16)30-2/h5-11,18H,4,12,14H2,1-3H3,(H,26,29)(H,27,28). The maximum absolute atomic E-state index is 12.4. The van der Waals surface area contributed by atoms with E-state index in [1.165, 1.54) is 0 Å². The third kappa shape index (κ3) is 5.99. The number of anilines is 1. The average Bonchev–Trinajstić information content (AvgIpc) is 2.83. The van der Waals surface area contributed by atoms with E-state index in [-0.39, 0.29) is 24.0 Å². The zero-order chi connectivity index (χ0) is 23.8. The Morgan fingerprint density at radius 1 is 1.21 bits per heavy atom. The monoisotopic (exact) mass is 467 g/mol. The molecular weight excluding hydrogens is 442 g/mol. The van der Waals surface area contributed by atoms with Crippen LogP contribution in [0.15, 0.2) is 53.1 Å². The minimum atomic E-state index is -0.447. The summed E-state index contributed by atoms with van der Waals surface area (Å²) in [5.41, 5.74) is 1.77. The number of ether oxygens (including phenoxy) is 3. The molecule has 0 saturated carbocycles. The van der Waals surface area contributed by atoms with Crippen LogP contribution < -0.4 is 24.8 Å². The molecular formula is C24H25N3O5S. The molecule has 1 heterocycles. The molecule has 0 radical (unpaired) electrons. The van der Waals surface area contributed by atoms with E-state index in [9.17, 15) is 14.9 Å². The first-order valence-electron chi connectivity index (χ1n) is 10.3. The number of hydrogen-bond donors (Lipinski definition) is 2. The summed E-state index contributed by atoms with van der Waals surface area (Å²) in [5, 5.41) is 15.8. The third-order valence-corrected chi connectivity index (χ3v) is 5.96. The second kappa shape index (κ2) is 11.3. The fraction of sp³-hybridized carbons (Fsp3) is 0.292. The van der Waals surface area contributed by atoms with Gasteiger partial charge in [-0.05, 0) is 36.8 Å². The Bertz CT molecular complexity index is 1110. The van der Waals surface area contributed by atoms with Crippen LogP contribution >= 0.6 is 11.8 Å². The Morgan fingerprint density at radius 2 is 2.03 bits per heavy atom. The van der Waals surface area contributed by atoms with Gasteiger partial charge in [0.05, 0.1) is 43.3 Å². The molecule has 8 nitrogen and oxygen atoms in total. The molecule has 172 valence electrons. The van der Waals surface area contributed by atoms with Crippen LogP contribution in [0, 0.1) is 11.3 Å². The average molecular weight is 468 g/mol. The van der Waals surface area contributed by atoms with E-state index < -0.39 is 5.92 Å². The van der Waals surface area contributed by atoms with Crippen molar-refractivity contribution in [3.05, 3.63) is 58.6 Å². The molecule has 2 aromatic carbocycles. The molecule has 2 N–H and O–H groups in total. The zero-order valence-electron chi connectivity index (χ0n) is 18.6. The Morgan fingerprint density at radius 3 is 2.73 bits per heavy atom. The van der Waals surface area contributed by atoms with Crippen LogP contribution in [0.5, 0.6) is 17.2 Å². The molecule has 1 aliphatic rings. The van der Waals surface area contributed by atoms with E-state index in [1.54, 1.807) is 50.6 Å². The van der Waals surface area contributed by atoms with Gasteiger partial charge in [-0.15, -0.1) is 0 Å². The maximum Gasteiger partial charge on any atom is 0.234 e. The summed E-state index contributed by atoms with van der Waals surface area (Å²) in [5.74, 6) is 0.844. The van der Waals surface area contributed by atoms with Crippen LogP contribution in [0.1, 0.15) is 24.8 Å². The highest BCUT2D eigenvalue weighted by atomic mass is 32.2. The van der Waals surface area contributed by atoms with Crippen LogP contribution in [0.4, 0.5) is 5.69 Å². The Balaban J connectivity index is 1.78. The zero-order valence-corrected chi connectivity index (χ0v) is 19.5. The molecule has 1 atom stereocenters. The number of amides is 2. The van der Waals surface area contributed by atoms with Gasteiger partial charge in [0.25, 0.3) is 0 Å². The molecule has 33 heavy (non-hydrogen) atoms. The lowest BCUT2D eigenvalue weighted by molar-refractivity contribution is -0.121. The van der Waals surface area contributed by atoms with Gasteiger partial charge < -0.3 is 24.8 Å². The highest BCUT2D eigenvalue weighted by Crippen LogP contribution is 2.39. The van der Waals surface area contributed by atoms with E-state index in [4.69, 9.17) is 14.2 Å². The molecule has 1 unspecified atom stereocenters. The van der Waals surface area contributed by atoms with Crippen LogP contribution in [0.3, 0.4) is 0 Å².